The molecule has 2 heteroatoms. The Kier molecular flexibility index (Phi) is 2.91. The van der Waals surface area contributed by atoms with E-state index in [2.05, 4.69) is 4.90 Å². The number of carbonyl (C=O) groups is 1. The normalized spacial score (nSPS) is 32.0. The Morgan fingerprint density at radius 1 is 0.875 bits per heavy atom. The van der Waals surface area contributed by atoms with Gasteiger partial charge in [-0.05, 0) is 44.4 Å². The van der Waals surface area contributed by atoms with Crippen LogP contribution in [0.25, 0.3) is 0 Å². The molecule has 1 atom stereocenters. The highest BCUT2D eigenvalue weighted by Crippen LogP contribution is 2.39. The van der Waals surface area contributed by atoms with E-state index in [1.54, 1.807) is 0 Å². The van der Waals surface area contributed by atoms with Crippen LogP contribution in [0.4, 0.5) is 0 Å². The maximum atomic E-state index is 12.4. The maximum Gasteiger partial charge on any atom is 0.225 e. The summed E-state index contributed by atoms with van der Waals surface area (Å²) in [6.07, 6.45) is 11.5. The summed E-state index contributed by atoms with van der Waals surface area (Å²) in [5.74, 6) is 1.75. The minimum absolute atomic E-state index is 0.390. The van der Waals surface area contributed by atoms with Gasteiger partial charge in [0.15, 0.2) is 0 Å². The van der Waals surface area contributed by atoms with Crippen molar-refractivity contribution in [2.75, 3.05) is 6.54 Å². The average molecular weight is 221 g/mol. The average Bonchev–Trinajstić information content (AvgIpc) is 2.84. The van der Waals surface area contributed by atoms with Crippen LogP contribution in [0.15, 0.2) is 0 Å². The van der Waals surface area contributed by atoms with Gasteiger partial charge in [-0.1, -0.05) is 19.3 Å². The van der Waals surface area contributed by atoms with Gasteiger partial charge in [-0.25, -0.2) is 0 Å². The number of carbonyl (C=O) groups excluding carboxylic acids is 1. The Morgan fingerprint density at radius 2 is 1.62 bits per heavy atom. The predicted molar refractivity (Wildman–Crippen MR) is 64.0 cm³/mol. The largest absolute Gasteiger partial charge is 0.339 e. The fourth-order valence-corrected chi connectivity index (χ4v) is 3.79. The number of nitrogens with zero attached hydrogens (tertiary/aromatic N) is 1. The van der Waals surface area contributed by atoms with Crippen LogP contribution < -0.4 is 0 Å². The lowest BCUT2D eigenvalue weighted by atomic mass is 9.78. The minimum Gasteiger partial charge on any atom is -0.339 e. The van der Waals surface area contributed by atoms with Crippen LogP contribution >= 0.6 is 0 Å². The van der Waals surface area contributed by atoms with Gasteiger partial charge in [0.25, 0.3) is 0 Å². The van der Waals surface area contributed by atoms with Crippen molar-refractivity contribution in [3.8, 4) is 0 Å². The molecule has 0 aromatic carbocycles. The van der Waals surface area contributed by atoms with Gasteiger partial charge in [0.05, 0.1) is 0 Å². The van der Waals surface area contributed by atoms with Crippen molar-refractivity contribution in [2.24, 2.45) is 11.8 Å². The third-order valence-electron chi connectivity index (χ3n) is 4.98. The van der Waals surface area contributed by atoms with Crippen molar-refractivity contribution >= 4 is 5.91 Å². The molecule has 0 aromatic heterocycles. The first-order valence-corrected chi connectivity index (χ1v) is 7.17. The molecule has 1 unspecified atom stereocenters. The summed E-state index contributed by atoms with van der Waals surface area (Å²) < 4.78 is 0. The van der Waals surface area contributed by atoms with Gasteiger partial charge in [-0.15, -0.1) is 0 Å². The molecule has 90 valence electrons. The van der Waals surface area contributed by atoms with Gasteiger partial charge in [-0.2, -0.15) is 0 Å². The van der Waals surface area contributed by atoms with E-state index in [-0.39, 0.29) is 0 Å². The van der Waals surface area contributed by atoms with E-state index in [1.165, 1.54) is 44.9 Å². The first-order chi connectivity index (χ1) is 7.86. The van der Waals surface area contributed by atoms with E-state index in [9.17, 15) is 4.79 Å². The Morgan fingerprint density at radius 3 is 2.25 bits per heavy atom. The molecule has 1 heterocycles. The van der Waals surface area contributed by atoms with Crippen LogP contribution in [0, 0.1) is 11.8 Å². The molecule has 0 radical (unpaired) electrons. The summed E-state index contributed by atoms with van der Waals surface area (Å²) in [5, 5.41) is 0. The molecule has 2 saturated carbocycles. The lowest BCUT2D eigenvalue weighted by Crippen LogP contribution is -2.44. The van der Waals surface area contributed by atoms with Crippen LogP contribution in [0.1, 0.15) is 57.8 Å². The molecule has 0 aromatic rings. The first kappa shape index (κ1) is 10.6. The van der Waals surface area contributed by atoms with Crippen LogP contribution in [0.2, 0.25) is 0 Å². The molecule has 3 rings (SSSR count). The SMILES string of the molecule is O=C(C1CCCC1)N1CCCC1C1CCC1. The molecule has 0 spiro atoms. The predicted octanol–water partition coefficient (Wildman–Crippen LogP) is 2.97. The highest BCUT2D eigenvalue weighted by Gasteiger charge is 2.39. The molecule has 1 amide bonds. The van der Waals surface area contributed by atoms with Crippen molar-refractivity contribution < 1.29 is 4.79 Å². The van der Waals surface area contributed by atoms with Gasteiger partial charge in [0.2, 0.25) is 5.91 Å². The molecular formula is C14H23NO. The molecule has 3 aliphatic rings. The monoisotopic (exact) mass is 221 g/mol. The molecule has 2 nitrogen and oxygen atoms in total. The second-order valence-corrected chi connectivity index (χ2v) is 5.91. The van der Waals surface area contributed by atoms with Crippen LogP contribution in [-0.2, 0) is 4.79 Å². The molecule has 0 bridgehead atoms. The smallest absolute Gasteiger partial charge is 0.225 e. The fourth-order valence-electron chi connectivity index (χ4n) is 3.79. The van der Waals surface area contributed by atoms with E-state index in [1.807, 2.05) is 0 Å². The highest BCUT2D eigenvalue weighted by molar-refractivity contribution is 5.79. The number of hydrogen-bond acceptors (Lipinski definition) is 1. The Bertz CT molecular complexity index is 266. The number of rotatable bonds is 2. The van der Waals surface area contributed by atoms with Crippen LogP contribution in [-0.4, -0.2) is 23.4 Å². The number of hydrogen-bond donors (Lipinski definition) is 0. The highest BCUT2D eigenvalue weighted by atomic mass is 16.2. The summed E-state index contributed by atoms with van der Waals surface area (Å²) in [5.41, 5.74) is 0. The van der Waals surface area contributed by atoms with E-state index in [0.29, 0.717) is 17.9 Å². The van der Waals surface area contributed by atoms with Gasteiger partial charge in [-0.3, -0.25) is 4.79 Å². The van der Waals surface area contributed by atoms with Gasteiger partial charge in [0, 0.05) is 18.5 Å². The standard InChI is InChI=1S/C14H23NO/c16-14(12-5-1-2-6-12)15-10-4-9-13(15)11-7-3-8-11/h11-13H,1-10H2. The quantitative estimate of drug-likeness (QED) is 0.702. The summed E-state index contributed by atoms with van der Waals surface area (Å²) in [7, 11) is 0. The van der Waals surface area contributed by atoms with Gasteiger partial charge < -0.3 is 4.90 Å². The molecule has 1 saturated heterocycles. The van der Waals surface area contributed by atoms with E-state index >= 15 is 0 Å². The third kappa shape index (κ3) is 1.76. The zero-order chi connectivity index (χ0) is 11.0. The molecule has 16 heavy (non-hydrogen) atoms. The molecular weight excluding hydrogens is 198 g/mol. The lowest BCUT2D eigenvalue weighted by Gasteiger charge is -2.38. The zero-order valence-electron chi connectivity index (χ0n) is 10.2. The summed E-state index contributed by atoms with van der Waals surface area (Å²) in [4.78, 5) is 14.7. The third-order valence-corrected chi connectivity index (χ3v) is 4.98. The molecule has 1 aliphatic heterocycles. The van der Waals surface area contributed by atoms with Crippen LogP contribution in [0.5, 0.6) is 0 Å². The molecule has 2 aliphatic carbocycles. The van der Waals surface area contributed by atoms with Crippen molar-refractivity contribution in [1.29, 1.82) is 0 Å². The lowest BCUT2D eigenvalue weighted by molar-refractivity contribution is -0.137. The van der Waals surface area contributed by atoms with E-state index < -0.39 is 0 Å². The summed E-state index contributed by atoms with van der Waals surface area (Å²) in [6.45, 7) is 1.05. The van der Waals surface area contributed by atoms with Gasteiger partial charge in [0.1, 0.15) is 0 Å². The van der Waals surface area contributed by atoms with Crippen molar-refractivity contribution in [3.05, 3.63) is 0 Å². The fraction of sp³-hybridized carbons (Fsp3) is 0.929. The number of likely N-dealkylation sites (tertiary alicyclic amines) is 1. The Balaban J connectivity index is 1.65. The maximum absolute atomic E-state index is 12.4. The Hall–Kier alpha value is -0.530. The van der Waals surface area contributed by atoms with Crippen molar-refractivity contribution in [2.45, 2.75) is 63.8 Å². The van der Waals surface area contributed by atoms with Gasteiger partial charge >= 0.3 is 0 Å². The van der Waals surface area contributed by atoms with E-state index in [4.69, 9.17) is 0 Å². The first-order valence-electron chi connectivity index (χ1n) is 7.17. The Labute approximate surface area is 98.4 Å². The topological polar surface area (TPSA) is 20.3 Å². The second-order valence-electron chi connectivity index (χ2n) is 5.91. The van der Waals surface area contributed by atoms with Crippen molar-refractivity contribution in [1.82, 2.24) is 4.90 Å². The second kappa shape index (κ2) is 4.38. The zero-order valence-corrected chi connectivity index (χ0v) is 10.2. The molecule has 0 N–H and O–H groups in total. The van der Waals surface area contributed by atoms with E-state index in [0.717, 1.165) is 25.3 Å². The minimum atomic E-state index is 0.390. The summed E-state index contributed by atoms with van der Waals surface area (Å²) in [6, 6.07) is 0.627. The number of amides is 1. The molecule has 3 fully saturated rings. The summed E-state index contributed by atoms with van der Waals surface area (Å²) >= 11 is 0. The van der Waals surface area contributed by atoms with Crippen molar-refractivity contribution in [3.63, 3.8) is 0 Å². The van der Waals surface area contributed by atoms with Crippen LogP contribution in [0.3, 0.4) is 0 Å².